The number of unbranched alkanes of at least 4 members (excludes halogenated alkanes) is 1. The van der Waals surface area contributed by atoms with E-state index in [1.165, 1.54) is 12.8 Å². The maximum Gasteiger partial charge on any atom is 0.304 e. The zero-order valence-corrected chi connectivity index (χ0v) is 10.5. The summed E-state index contributed by atoms with van der Waals surface area (Å²) in [5.41, 5.74) is 0. The molecule has 0 amide bonds. The largest absolute Gasteiger partial charge is 0.481 e. The molecular formula is C12H24N2O2. The minimum atomic E-state index is -0.679. The van der Waals surface area contributed by atoms with Crippen LogP contribution in [-0.2, 0) is 4.79 Å². The number of rotatable bonds is 5. The van der Waals surface area contributed by atoms with Crippen LogP contribution in [0.3, 0.4) is 0 Å². The van der Waals surface area contributed by atoms with E-state index in [2.05, 4.69) is 23.8 Å². The van der Waals surface area contributed by atoms with E-state index in [-0.39, 0.29) is 12.5 Å². The third-order valence-electron chi connectivity index (χ3n) is 3.23. The summed E-state index contributed by atoms with van der Waals surface area (Å²) >= 11 is 0. The lowest BCUT2D eigenvalue weighted by molar-refractivity contribution is -0.138. The van der Waals surface area contributed by atoms with E-state index in [0.717, 1.165) is 32.6 Å². The van der Waals surface area contributed by atoms with Crippen LogP contribution < -0.4 is 0 Å². The minimum Gasteiger partial charge on any atom is -0.481 e. The standard InChI is InChI=1S/C12H24N2O2/c1-3-4-7-14-8-5-6-13(2)10-11(14)9-12(15)16/h11H,3-10H2,1-2H3,(H,15,16). The number of hydrogen-bond acceptors (Lipinski definition) is 3. The Hall–Kier alpha value is -0.610. The molecule has 0 spiro atoms. The fourth-order valence-corrected chi connectivity index (χ4v) is 2.34. The number of aliphatic carboxylic acids is 1. The van der Waals surface area contributed by atoms with Gasteiger partial charge in [-0.05, 0) is 39.5 Å². The highest BCUT2D eigenvalue weighted by atomic mass is 16.4. The van der Waals surface area contributed by atoms with Crippen LogP contribution >= 0.6 is 0 Å². The summed E-state index contributed by atoms with van der Waals surface area (Å²) in [4.78, 5) is 15.5. The van der Waals surface area contributed by atoms with E-state index in [1.807, 2.05) is 0 Å². The Morgan fingerprint density at radius 1 is 1.44 bits per heavy atom. The van der Waals surface area contributed by atoms with Crippen molar-refractivity contribution in [1.82, 2.24) is 9.80 Å². The molecule has 1 saturated heterocycles. The molecule has 0 aromatic rings. The Bertz CT molecular complexity index is 219. The number of carbonyl (C=O) groups is 1. The van der Waals surface area contributed by atoms with Gasteiger partial charge >= 0.3 is 5.97 Å². The molecular weight excluding hydrogens is 204 g/mol. The number of likely N-dealkylation sites (N-methyl/N-ethyl adjacent to an activating group) is 1. The van der Waals surface area contributed by atoms with Gasteiger partial charge in [-0.15, -0.1) is 0 Å². The van der Waals surface area contributed by atoms with E-state index in [4.69, 9.17) is 5.11 Å². The van der Waals surface area contributed by atoms with Crippen molar-refractivity contribution in [3.8, 4) is 0 Å². The zero-order valence-electron chi connectivity index (χ0n) is 10.5. The van der Waals surface area contributed by atoms with Gasteiger partial charge in [0.05, 0.1) is 6.42 Å². The lowest BCUT2D eigenvalue weighted by Gasteiger charge is -2.29. The maximum atomic E-state index is 10.9. The summed E-state index contributed by atoms with van der Waals surface area (Å²) in [7, 11) is 2.08. The van der Waals surface area contributed by atoms with Crippen LogP contribution in [0, 0.1) is 0 Å². The van der Waals surface area contributed by atoms with E-state index in [9.17, 15) is 4.79 Å². The van der Waals surface area contributed by atoms with E-state index in [0.29, 0.717) is 0 Å². The first-order valence-electron chi connectivity index (χ1n) is 6.28. The Labute approximate surface area is 98.2 Å². The molecule has 0 aromatic heterocycles. The Morgan fingerprint density at radius 3 is 2.81 bits per heavy atom. The second kappa shape index (κ2) is 6.86. The van der Waals surface area contributed by atoms with Crippen molar-refractivity contribution in [3.63, 3.8) is 0 Å². The predicted octanol–water partition coefficient (Wildman–Crippen LogP) is 1.27. The summed E-state index contributed by atoms with van der Waals surface area (Å²) in [6.45, 7) is 6.23. The Morgan fingerprint density at radius 2 is 2.19 bits per heavy atom. The van der Waals surface area contributed by atoms with E-state index in [1.54, 1.807) is 0 Å². The van der Waals surface area contributed by atoms with Gasteiger partial charge in [0.25, 0.3) is 0 Å². The topological polar surface area (TPSA) is 43.8 Å². The summed E-state index contributed by atoms with van der Waals surface area (Å²) in [6, 6.07) is 0.191. The highest BCUT2D eigenvalue weighted by molar-refractivity contribution is 5.67. The maximum absolute atomic E-state index is 10.9. The summed E-state index contributed by atoms with van der Waals surface area (Å²) in [5.74, 6) is -0.679. The molecule has 94 valence electrons. The van der Waals surface area contributed by atoms with Crippen LogP contribution in [0.15, 0.2) is 0 Å². The smallest absolute Gasteiger partial charge is 0.304 e. The molecule has 16 heavy (non-hydrogen) atoms. The summed E-state index contributed by atoms with van der Waals surface area (Å²) < 4.78 is 0. The van der Waals surface area contributed by atoms with Gasteiger partial charge in [0.2, 0.25) is 0 Å². The van der Waals surface area contributed by atoms with Gasteiger partial charge in [0, 0.05) is 12.6 Å². The molecule has 1 atom stereocenters. The van der Waals surface area contributed by atoms with Gasteiger partial charge in [0.1, 0.15) is 0 Å². The van der Waals surface area contributed by atoms with Crippen molar-refractivity contribution in [1.29, 1.82) is 0 Å². The lowest BCUT2D eigenvalue weighted by atomic mass is 10.1. The predicted molar refractivity (Wildman–Crippen MR) is 64.6 cm³/mol. The van der Waals surface area contributed by atoms with Gasteiger partial charge in [-0.1, -0.05) is 13.3 Å². The normalized spacial score (nSPS) is 24.2. The van der Waals surface area contributed by atoms with Crippen molar-refractivity contribution in [2.24, 2.45) is 0 Å². The third kappa shape index (κ3) is 4.49. The number of carboxylic acids is 1. The minimum absolute atomic E-state index is 0.191. The molecule has 1 aliphatic heterocycles. The number of hydrogen-bond donors (Lipinski definition) is 1. The summed E-state index contributed by atoms with van der Waals surface area (Å²) in [6.07, 6.45) is 3.76. The van der Waals surface area contributed by atoms with Crippen molar-refractivity contribution >= 4 is 5.97 Å². The van der Waals surface area contributed by atoms with Crippen LogP contribution in [0.5, 0.6) is 0 Å². The first-order valence-corrected chi connectivity index (χ1v) is 6.28. The molecule has 0 radical (unpaired) electrons. The quantitative estimate of drug-likeness (QED) is 0.769. The number of nitrogens with zero attached hydrogens (tertiary/aromatic N) is 2. The molecule has 4 nitrogen and oxygen atoms in total. The van der Waals surface area contributed by atoms with Crippen molar-refractivity contribution in [2.75, 3.05) is 33.2 Å². The zero-order chi connectivity index (χ0) is 12.0. The molecule has 1 fully saturated rings. The lowest BCUT2D eigenvalue weighted by Crippen LogP contribution is -2.42. The number of carboxylic acid groups (broad SMARTS) is 1. The molecule has 1 unspecified atom stereocenters. The molecule has 0 aliphatic carbocycles. The molecule has 1 N–H and O–H groups in total. The second-order valence-electron chi connectivity index (χ2n) is 4.76. The first-order chi connectivity index (χ1) is 7.63. The van der Waals surface area contributed by atoms with Gasteiger partial charge in [-0.3, -0.25) is 9.69 Å². The molecule has 0 aromatic carbocycles. The highest BCUT2D eigenvalue weighted by Crippen LogP contribution is 2.13. The second-order valence-corrected chi connectivity index (χ2v) is 4.76. The van der Waals surface area contributed by atoms with Crippen LogP contribution in [0.1, 0.15) is 32.6 Å². The molecule has 1 aliphatic rings. The molecule has 0 saturated carbocycles. The highest BCUT2D eigenvalue weighted by Gasteiger charge is 2.24. The first kappa shape index (κ1) is 13.5. The van der Waals surface area contributed by atoms with Gasteiger partial charge in [-0.2, -0.15) is 0 Å². The molecule has 1 rings (SSSR count). The van der Waals surface area contributed by atoms with Gasteiger partial charge in [-0.25, -0.2) is 0 Å². The average Bonchev–Trinajstić information content (AvgIpc) is 2.36. The van der Waals surface area contributed by atoms with Crippen LogP contribution in [0.2, 0.25) is 0 Å². The third-order valence-corrected chi connectivity index (χ3v) is 3.23. The van der Waals surface area contributed by atoms with Gasteiger partial charge in [0.15, 0.2) is 0 Å². The fourth-order valence-electron chi connectivity index (χ4n) is 2.34. The average molecular weight is 228 g/mol. The van der Waals surface area contributed by atoms with Crippen LogP contribution in [-0.4, -0.2) is 60.1 Å². The molecule has 4 heteroatoms. The van der Waals surface area contributed by atoms with E-state index < -0.39 is 5.97 Å². The molecule has 0 bridgehead atoms. The van der Waals surface area contributed by atoms with Crippen molar-refractivity contribution in [2.45, 2.75) is 38.6 Å². The SMILES string of the molecule is CCCCN1CCCN(C)CC1CC(=O)O. The monoisotopic (exact) mass is 228 g/mol. The Kier molecular flexibility index (Phi) is 5.77. The fraction of sp³-hybridized carbons (Fsp3) is 0.917. The summed E-state index contributed by atoms with van der Waals surface area (Å²) in [5, 5.41) is 8.94. The molecule has 1 heterocycles. The Balaban J connectivity index is 2.55. The van der Waals surface area contributed by atoms with Crippen LogP contribution in [0.4, 0.5) is 0 Å². The van der Waals surface area contributed by atoms with E-state index >= 15 is 0 Å². The van der Waals surface area contributed by atoms with Crippen molar-refractivity contribution in [3.05, 3.63) is 0 Å². The van der Waals surface area contributed by atoms with Crippen LogP contribution in [0.25, 0.3) is 0 Å². The van der Waals surface area contributed by atoms with Gasteiger partial charge < -0.3 is 10.0 Å². The van der Waals surface area contributed by atoms with Crippen molar-refractivity contribution < 1.29 is 9.90 Å².